The zero-order valence-corrected chi connectivity index (χ0v) is 19.7. The first-order valence-electron chi connectivity index (χ1n) is 9.53. The number of benzene rings is 1. The number of esters is 1. The lowest BCUT2D eigenvalue weighted by Gasteiger charge is -2.27. The molecule has 0 saturated carbocycles. The van der Waals surface area contributed by atoms with Crippen molar-refractivity contribution in [1.82, 2.24) is 10.6 Å². The summed E-state index contributed by atoms with van der Waals surface area (Å²) in [4.78, 5) is 16.4. The number of hydrogen-bond acceptors (Lipinski definition) is 6. The molecule has 164 valence electrons. The number of carbonyl (C=O) groups is 1. The Kier molecular flexibility index (Phi) is 11.3. The summed E-state index contributed by atoms with van der Waals surface area (Å²) in [6, 6.07) is 5.30. The average Bonchev–Trinajstić information content (AvgIpc) is 3.18. The maximum Gasteiger partial charge on any atom is 0.341 e. The van der Waals surface area contributed by atoms with Crippen LogP contribution in [-0.2, 0) is 16.0 Å². The molecule has 2 rings (SSSR count). The molecular weight excluding hydrogens is 489 g/mol. The molecule has 1 unspecified atom stereocenters. The minimum Gasteiger partial charge on any atom is -0.496 e. The van der Waals surface area contributed by atoms with Crippen LogP contribution in [-0.4, -0.2) is 64.2 Å². The number of aliphatic hydroxyl groups is 1. The highest BCUT2D eigenvalue weighted by Crippen LogP contribution is 2.31. The molecule has 1 fully saturated rings. The highest BCUT2D eigenvalue weighted by molar-refractivity contribution is 14.0. The second-order valence-corrected chi connectivity index (χ2v) is 6.85. The highest BCUT2D eigenvalue weighted by Gasteiger charge is 2.34. The van der Waals surface area contributed by atoms with Crippen LogP contribution in [0.3, 0.4) is 0 Å². The van der Waals surface area contributed by atoms with Crippen LogP contribution in [0.5, 0.6) is 5.75 Å². The van der Waals surface area contributed by atoms with Crippen molar-refractivity contribution in [3.63, 3.8) is 0 Å². The first-order valence-corrected chi connectivity index (χ1v) is 9.53. The normalized spacial score (nSPS) is 18.7. The van der Waals surface area contributed by atoms with Crippen molar-refractivity contribution in [2.45, 2.75) is 26.3 Å². The van der Waals surface area contributed by atoms with Crippen molar-refractivity contribution in [2.75, 3.05) is 47.1 Å². The number of nitrogens with zero attached hydrogens (tertiary/aromatic N) is 1. The van der Waals surface area contributed by atoms with Gasteiger partial charge >= 0.3 is 5.97 Å². The predicted octanol–water partition coefficient (Wildman–Crippen LogP) is 1.94. The molecule has 0 aromatic heterocycles. The van der Waals surface area contributed by atoms with Crippen LogP contribution < -0.4 is 15.4 Å². The first kappa shape index (κ1) is 25.4. The summed E-state index contributed by atoms with van der Waals surface area (Å²) in [6.45, 7) is 5.37. The Morgan fingerprint density at radius 3 is 2.72 bits per heavy atom. The van der Waals surface area contributed by atoms with Crippen LogP contribution in [0.4, 0.5) is 0 Å². The van der Waals surface area contributed by atoms with Crippen molar-refractivity contribution < 1.29 is 24.1 Å². The minimum atomic E-state index is -0.435. The van der Waals surface area contributed by atoms with Crippen molar-refractivity contribution in [3.05, 3.63) is 29.3 Å². The minimum absolute atomic E-state index is 0. The number of carbonyl (C=O) groups excluding carboxylic acids is 1. The van der Waals surface area contributed by atoms with Gasteiger partial charge in [0.2, 0.25) is 0 Å². The number of guanidine groups is 1. The average molecular weight is 521 g/mol. The van der Waals surface area contributed by atoms with Gasteiger partial charge in [-0.2, -0.15) is 0 Å². The smallest absolute Gasteiger partial charge is 0.341 e. The summed E-state index contributed by atoms with van der Waals surface area (Å²) < 4.78 is 15.6. The molecular formula is C20H32IN3O5. The zero-order valence-electron chi connectivity index (χ0n) is 17.3. The maximum absolute atomic E-state index is 11.8. The maximum atomic E-state index is 11.8. The second kappa shape index (κ2) is 12.9. The molecule has 0 bridgehead atoms. The molecule has 1 aromatic carbocycles. The van der Waals surface area contributed by atoms with Gasteiger partial charge in [-0.05, 0) is 37.5 Å². The molecule has 1 heterocycles. The van der Waals surface area contributed by atoms with Crippen LogP contribution >= 0.6 is 24.0 Å². The molecule has 0 spiro atoms. The van der Waals surface area contributed by atoms with Crippen LogP contribution in [0, 0.1) is 5.41 Å². The number of ether oxygens (including phenoxy) is 3. The summed E-state index contributed by atoms with van der Waals surface area (Å²) in [6.07, 6.45) is 1.62. The van der Waals surface area contributed by atoms with E-state index in [2.05, 4.69) is 15.6 Å². The lowest BCUT2D eigenvalue weighted by molar-refractivity contribution is 0.0597. The molecule has 9 heteroatoms. The molecule has 0 radical (unpaired) electrons. The van der Waals surface area contributed by atoms with Crippen LogP contribution in [0.2, 0.25) is 0 Å². The largest absolute Gasteiger partial charge is 0.496 e. The van der Waals surface area contributed by atoms with E-state index >= 15 is 0 Å². The van der Waals surface area contributed by atoms with Crippen molar-refractivity contribution in [1.29, 1.82) is 0 Å². The summed E-state index contributed by atoms with van der Waals surface area (Å²) in [5.41, 5.74) is 1.24. The summed E-state index contributed by atoms with van der Waals surface area (Å²) in [5, 5.41) is 16.0. The molecule has 1 aromatic rings. The molecule has 3 N–H and O–H groups in total. The second-order valence-electron chi connectivity index (χ2n) is 6.85. The number of rotatable bonds is 9. The third kappa shape index (κ3) is 7.31. The van der Waals surface area contributed by atoms with E-state index in [0.717, 1.165) is 25.1 Å². The zero-order chi connectivity index (χ0) is 20.4. The fourth-order valence-corrected chi connectivity index (χ4v) is 3.21. The Balaban J connectivity index is 0.00000420. The SMILES string of the molecule is CCNC(=NCc1ccc(C(=O)OC)c(OC)c1)NCC1(CCO)CCOC1.I. The van der Waals surface area contributed by atoms with Gasteiger partial charge < -0.3 is 30.0 Å². The van der Waals surface area contributed by atoms with Crippen LogP contribution in [0.15, 0.2) is 23.2 Å². The van der Waals surface area contributed by atoms with E-state index in [1.165, 1.54) is 14.2 Å². The van der Waals surface area contributed by atoms with Crippen molar-refractivity contribution in [3.8, 4) is 5.75 Å². The number of nitrogens with one attached hydrogen (secondary N) is 2. The van der Waals surface area contributed by atoms with Crippen LogP contribution in [0.1, 0.15) is 35.7 Å². The molecule has 29 heavy (non-hydrogen) atoms. The standard InChI is InChI=1S/C20H31N3O5.HI/c1-4-21-19(23-13-20(7-9-24)8-10-28-14-20)22-12-15-5-6-16(18(25)27-3)17(11-15)26-2;/h5-6,11,24H,4,7-10,12-14H2,1-3H3,(H2,21,22,23);1H. The summed E-state index contributed by atoms with van der Waals surface area (Å²) >= 11 is 0. The first-order chi connectivity index (χ1) is 13.6. The molecule has 0 aliphatic carbocycles. The fraction of sp³-hybridized carbons (Fsp3) is 0.600. The van der Waals surface area contributed by atoms with Crippen molar-refractivity contribution in [2.24, 2.45) is 10.4 Å². The van der Waals surface area contributed by atoms with E-state index in [4.69, 9.17) is 14.2 Å². The Morgan fingerprint density at radius 2 is 2.14 bits per heavy atom. The van der Waals surface area contributed by atoms with Gasteiger partial charge in [0, 0.05) is 31.7 Å². The summed E-state index contributed by atoms with van der Waals surface area (Å²) in [7, 11) is 2.86. The van der Waals surface area contributed by atoms with E-state index in [-0.39, 0.29) is 36.0 Å². The highest BCUT2D eigenvalue weighted by atomic mass is 127. The Labute approximate surface area is 189 Å². The van der Waals surface area contributed by atoms with E-state index in [9.17, 15) is 9.90 Å². The number of aliphatic imine (C=N–C) groups is 1. The lowest BCUT2D eigenvalue weighted by atomic mass is 9.84. The number of methoxy groups -OCH3 is 2. The third-order valence-corrected chi connectivity index (χ3v) is 4.89. The molecule has 1 aliphatic heterocycles. The van der Waals surface area contributed by atoms with E-state index in [1.54, 1.807) is 12.1 Å². The number of hydrogen-bond donors (Lipinski definition) is 3. The molecule has 8 nitrogen and oxygen atoms in total. The van der Waals surface area contributed by atoms with Gasteiger partial charge in [-0.3, -0.25) is 0 Å². The van der Waals surface area contributed by atoms with Gasteiger partial charge in [-0.25, -0.2) is 9.79 Å². The van der Waals surface area contributed by atoms with Gasteiger partial charge in [0.05, 0.1) is 27.4 Å². The van der Waals surface area contributed by atoms with E-state index in [1.807, 2.05) is 13.0 Å². The Morgan fingerprint density at radius 1 is 1.34 bits per heavy atom. The quantitative estimate of drug-likeness (QED) is 0.198. The number of halogens is 1. The third-order valence-electron chi connectivity index (χ3n) is 4.89. The molecule has 1 atom stereocenters. The van der Waals surface area contributed by atoms with Gasteiger partial charge in [-0.1, -0.05) is 6.07 Å². The molecule has 0 amide bonds. The van der Waals surface area contributed by atoms with Crippen molar-refractivity contribution >= 4 is 35.9 Å². The molecule has 1 aliphatic rings. The fourth-order valence-electron chi connectivity index (χ4n) is 3.21. The van der Waals surface area contributed by atoms with Gasteiger partial charge in [0.15, 0.2) is 5.96 Å². The van der Waals surface area contributed by atoms with Gasteiger partial charge in [0.1, 0.15) is 11.3 Å². The Bertz CT molecular complexity index is 678. The Hall–Kier alpha value is -1.59. The lowest BCUT2D eigenvalue weighted by Crippen LogP contribution is -2.44. The molecule has 1 saturated heterocycles. The number of aliphatic hydroxyl groups excluding tert-OH is 1. The topological polar surface area (TPSA) is 101 Å². The predicted molar refractivity (Wildman–Crippen MR) is 122 cm³/mol. The van der Waals surface area contributed by atoms with Crippen LogP contribution in [0.25, 0.3) is 0 Å². The van der Waals surface area contributed by atoms with E-state index < -0.39 is 5.97 Å². The van der Waals surface area contributed by atoms with E-state index in [0.29, 0.717) is 43.4 Å². The van der Waals surface area contributed by atoms with Gasteiger partial charge in [-0.15, -0.1) is 24.0 Å². The van der Waals surface area contributed by atoms with Gasteiger partial charge in [0.25, 0.3) is 0 Å². The monoisotopic (exact) mass is 521 g/mol. The summed E-state index contributed by atoms with van der Waals surface area (Å²) in [5.74, 6) is 0.722.